The van der Waals surface area contributed by atoms with Gasteiger partial charge in [0.05, 0.1) is 11.3 Å². The van der Waals surface area contributed by atoms with Gasteiger partial charge in [-0.3, -0.25) is 4.79 Å². The Hall–Kier alpha value is -2.50. The van der Waals surface area contributed by atoms with Crippen LogP contribution >= 0.6 is 0 Å². The van der Waals surface area contributed by atoms with Crippen LogP contribution in [0, 0.1) is 11.3 Å². The third kappa shape index (κ3) is 2.09. The normalized spacial score (nSPS) is 13.7. The average molecular weight is 287 g/mol. The number of hydrogen-bond donors (Lipinski definition) is 2. The Morgan fingerprint density at radius 1 is 1.40 bits per heavy atom. The minimum Gasteiger partial charge on any atom is -0.477 e. The van der Waals surface area contributed by atoms with Crippen LogP contribution in [0.5, 0.6) is 0 Å². The molecule has 6 nitrogen and oxygen atoms in total. The number of nitrogens with one attached hydrogen (secondary N) is 1. The van der Waals surface area contributed by atoms with E-state index in [4.69, 9.17) is 10.4 Å². The summed E-state index contributed by atoms with van der Waals surface area (Å²) in [5.74, 6) is -3.80. The first-order chi connectivity index (χ1) is 9.27. The molecule has 0 saturated heterocycles. The van der Waals surface area contributed by atoms with E-state index in [0.29, 0.717) is 18.5 Å². The summed E-state index contributed by atoms with van der Waals surface area (Å²) < 4.78 is 38.0. The average Bonchev–Trinajstić information content (AvgIpc) is 2.86. The Bertz CT molecular complexity index is 640. The molecule has 1 aliphatic heterocycles. The van der Waals surface area contributed by atoms with E-state index in [2.05, 4.69) is 0 Å². The van der Waals surface area contributed by atoms with E-state index in [0.717, 1.165) is 0 Å². The zero-order valence-corrected chi connectivity index (χ0v) is 9.91. The number of anilines is 1. The number of alkyl halides is 3. The first-order valence-corrected chi connectivity index (χ1v) is 5.54. The monoisotopic (exact) mass is 287 g/mol. The summed E-state index contributed by atoms with van der Waals surface area (Å²) >= 11 is 0. The number of carboxylic acids is 1. The number of amides is 1. The number of carboxylic acid groups (broad SMARTS) is 1. The minimum atomic E-state index is -5.16. The molecule has 1 aliphatic rings. The molecule has 1 aromatic rings. The van der Waals surface area contributed by atoms with Gasteiger partial charge in [-0.1, -0.05) is 0 Å². The van der Waals surface area contributed by atoms with Crippen molar-refractivity contribution >= 4 is 17.6 Å². The molecule has 2 N–H and O–H groups in total. The highest BCUT2D eigenvalue weighted by atomic mass is 19.4. The summed E-state index contributed by atoms with van der Waals surface area (Å²) in [7, 11) is 0. The van der Waals surface area contributed by atoms with Gasteiger partial charge in [-0.15, -0.1) is 0 Å². The molecule has 0 aromatic carbocycles. The molecule has 20 heavy (non-hydrogen) atoms. The first-order valence-electron chi connectivity index (χ1n) is 5.54. The number of fused-ring (bicyclic) bond motifs is 1. The Labute approximate surface area is 110 Å². The molecule has 9 heteroatoms. The van der Waals surface area contributed by atoms with Crippen LogP contribution in [0.4, 0.5) is 18.9 Å². The summed E-state index contributed by atoms with van der Waals surface area (Å²) in [5.41, 5.74) is -0.969. The maximum absolute atomic E-state index is 12.3. The van der Waals surface area contributed by atoms with Gasteiger partial charge in [-0.2, -0.15) is 18.4 Å². The molecule has 0 radical (unpaired) electrons. The molecule has 0 unspecified atom stereocenters. The van der Waals surface area contributed by atoms with Crippen molar-refractivity contribution in [2.45, 2.75) is 25.6 Å². The van der Waals surface area contributed by atoms with E-state index in [-0.39, 0.29) is 12.1 Å². The van der Waals surface area contributed by atoms with E-state index >= 15 is 0 Å². The van der Waals surface area contributed by atoms with Crippen LogP contribution in [0.15, 0.2) is 0 Å². The summed E-state index contributed by atoms with van der Waals surface area (Å²) in [5, 5.41) is 19.6. The van der Waals surface area contributed by atoms with Gasteiger partial charge in [0.2, 0.25) is 0 Å². The van der Waals surface area contributed by atoms with Gasteiger partial charge in [0.1, 0.15) is 6.07 Å². The molecule has 1 aromatic heterocycles. The molecule has 0 fully saturated rings. The van der Waals surface area contributed by atoms with Gasteiger partial charge in [-0.05, 0) is 12.8 Å². The van der Waals surface area contributed by atoms with Crippen LogP contribution in [0.3, 0.4) is 0 Å². The summed E-state index contributed by atoms with van der Waals surface area (Å²) in [6.45, 7) is 0.285. The fraction of sp³-hybridized carbons (Fsp3) is 0.364. The molecule has 0 saturated carbocycles. The molecule has 0 aliphatic carbocycles. The Morgan fingerprint density at radius 2 is 2.05 bits per heavy atom. The van der Waals surface area contributed by atoms with Crippen molar-refractivity contribution in [3.63, 3.8) is 0 Å². The van der Waals surface area contributed by atoms with Crippen LogP contribution in [0.2, 0.25) is 0 Å². The molecular formula is C11H8F3N3O3. The van der Waals surface area contributed by atoms with E-state index in [1.165, 1.54) is 9.88 Å². The van der Waals surface area contributed by atoms with Crippen molar-refractivity contribution in [3.05, 3.63) is 17.0 Å². The van der Waals surface area contributed by atoms with Crippen LogP contribution < -0.4 is 5.32 Å². The number of aromatic nitrogens is 1. The molecule has 2 rings (SSSR count). The Morgan fingerprint density at radius 3 is 2.55 bits per heavy atom. The number of carbonyl (C=O) groups excluding carboxylic acids is 1. The van der Waals surface area contributed by atoms with Crippen LogP contribution in [0.1, 0.15) is 28.2 Å². The third-order valence-electron chi connectivity index (χ3n) is 2.98. The van der Waals surface area contributed by atoms with Crippen molar-refractivity contribution in [1.29, 1.82) is 5.26 Å². The largest absolute Gasteiger partial charge is 0.477 e. The number of rotatable bonds is 2. The molecular weight excluding hydrogens is 279 g/mol. The number of nitrogens with zero attached hydrogens (tertiary/aromatic N) is 2. The number of halogens is 3. The fourth-order valence-corrected chi connectivity index (χ4v) is 2.23. The maximum atomic E-state index is 12.3. The van der Waals surface area contributed by atoms with E-state index < -0.39 is 29.4 Å². The molecule has 106 valence electrons. The van der Waals surface area contributed by atoms with Crippen molar-refractivity contribution in [2.75, 3.05) is 5.32 Å². The van der Waals surface area contributed by atoms with Crippen molar-refractivity contribution in [3.8, 4) is 6.07 Å². The quantitative estimate of drug-likeness (QED) is 0.861. The fourth-order valence-electron chi connectivity index (χ4n) is 2.23. The number of carbonyl (C=O) groups is 2. The highest BCUT2D eigenvalue weighted by Gasteiger charge is 2.41. The smallest absolute Gasteiger partial charge is 0.471 e. The van der Waals surface area contributed by atoms with E-state index in [9.17, 15) is 22.8 Å². The van der Waals surface area contributed by atoms with E-state index in [1.54, 1.807) is 6.07 Å². The zero-order valence-electron chi connectivity index (χ0n) is 9.91. The second-order valence-corrected chi connectivity index (χ2v) is 4.17. The number of hydrogen-bond acceptors (Lipinski definition) is 3. The third-order valence-corrected chi connectivity index (χ3v) is 2.98. The lowest BCUT2D eigenvalue weighted by Gasteiger charge is -2.09. The van der Waals surface area contributed by atoms with Crippen molar-refractivity contribution in [2.24, 2.45) is 0 Å². The maximum Gasteiger partial charge on any atom is 0.471 e. The first kappa shape index (κ1) is 13.9. The van der Waals surface area contributed by atoms with Gasteiger partial charge < -0.3 is 15.0 Å². The Balaban J connectivity index is 2.55. The van der Waals surface area contributed by atoms with Gasteiger partial charge in [0, 0.05) is 12.2 Å². The standard InChI is InChI=1S/C11H8F3N3O3/c12-11(13,14)10(20)16-7-5(4-15)6-2-1-3-17(6)8(7)9(18)19/h1-3H2,(H,16,20)(H,18,19). The molecule has 0 bridgehead atoms. The van der Waals surface area contributed by atoms with Gasteiger partial charge in [-0.25, -0.2) is 4.79 Å². The van der Waals surface area contributed by atoms with Crippen LogP contribution in [-0.4, -0.2) is 27.7 Å². The van der Waals surface area contributed by atoms with Gasteiger partial charge >= 0.3 is 18.1 Å². The molecule has 0 spiro atoms. The minimum absolute atomic E-state index is 0.225. The van der Waals surface area contributed by atoms with Crippen LogP contribution in [-0.2, 0) is 17.8 Å². The Kier molecular flexibility index (Phi) is 3.17. The highest BCUT2D eigenvalue weighted by Crippen LogP contribution is 2.33. The van der Waals surface area contributed by atoms with Crippen molar-refractivity contribution < 1.29 is 27.9 Å². The number of aromatic carboxylic acids is 1. The number of nitriles is 1. The predicted octanol–water partition coefficient (Wildman–Crippen LogP) is 1.50. The summed E-state index contributed by atoms with van der Waals surface area (Å²) in [4.78, 5) is 22.1. The van der Waals surface area contributed by atoms with Crippen molar-refractivity contribution in [1.82, 2.24) is 4.57 Å². The van der Waals surface area contributed by atoms with Gasteiger partial charge in [0.25, 0.3) is 0 Å². The lowest BCUT2D eigenvalue weighted by Crippen LogP contribution is -2.31. The SMILES string of the molecule is N#Cc1c(NC(=O)C(F)(F)F)c(C(=O)O)n2c1CCC2. The lowest BCUT2D eigenvalue weighted by molar-refractivity contribution is -0.167. The molecule has 0 atom stereocenters. The van der Waals surface area contributed by atoms with Gasteiger partial charge in [0.15, 0.2) is 5.69 Å². The summed E-state index contributed by atoms with van der Waals surface area (Å²) in [6.07, 6.45) is -4.18. The summed E-state index contributed by atoms with van der Waals surface area (Å²) in [6, 6.07) is 1.66. The lowest BCUT2D eigenvalue weighted by atomic mass is 10.1. The molecule has 1 amide bonds. The second-order valence-electron chi connectivity index (χ2n) is 4.17. The zero-order chi connectivity index (χ0) is 15.1. The predicted molar refractivity (Wildman–Crippen MR) is 59.1 cm³/mol. The highest BCUT2D eigenvalue weighted by molar-refractivity contribution is 6.03. The molecule has 2 heterocycles. The van der Waals surface area contributed by atoms with Crippen LogP contribution in [0.25, 0.3) is 0 Å². The topological polar surface area (TPSA) is 95.1 Å². The van der Waals surface area contributed by atoms with E-state index in [1.807, 2.05) is 0 Å². The second kappa shape index (κ2) is 4.56.